The highest BCUT2D eigenvalue weighted by molar-refractivity contribution is 5.71. The van der Waals surface area contributed by atoms with E-state index in [1.165, 1.54) is 180 Å². The summed E-state index contributed by atoms with van der Waals surface area (Å²) in [4.78, 5) is 38.0. The fourth-order valence-corrected chi connectivity index (χ4v) is 8.26. The van der Waals surface area contributed by atoms with Crippen LogP contribution < -0.4 is 0 Å². The van der Waals surface area contributed by atoms with Crippen LogP contribution >= 0.6 is 0 Å². The molecule has 0 aromatic carbocycles. The first-order chi connectivity index (χ1) is 29.6. The summed E-state index contributed by atoms with van der Waals surface area (Å²) in [6.07, 6.45) is 46.6. The average molecular weight is 863 g/mol. The minimum Gasteiger partial charge on any atom is -0.462 e. The maximum Gasteiger partial charge on any atom is 0.306 e. The molecule has 6 nitrogen and oxygen atoms in total. The average Bonchev–Trinajstić information content (AvgIpc) is 3.23. The van der Waals surface area contributed by atoms with Crippen molar-refractivity contribution in [3.63, 3.8) is 0 Å². The summed E-state index contributed by atoms with van der Waals surface area (Å²) >= 11 is 0. The molecule has 0 aliphatic rings. The Balaban J connectivity index is 4.30. The van der Waals surface area contributed by atoms with Crippen LogP contribution in [0, 0.1) is 17.8 Å². The Morgan fingerprint density at radius 1 is 0.328 bits per heavy atom. The highest BCUT2D eigenvalue weighted by Crippen LogP contribution is 2.18. The highest BCUT2D eigenvalue weighted by atomic mass is 16.6. The van der Waals surface area contributed by atoms with Crippen LogP contribution in [-0.4, -0.2) is 37.2 Å². The third-order valence-corrected chi connectivity index (χ3v) is 12.8. The molecule has 0 saturated heterocycles. The Labute approximate surface area is 380 Å². The zero-order valence-electron chi connectivity index (χ0n) is 42.0. The molecular weight excluding hydrogens is 757 g/mol. The van der Waals surface area contributed by atoms with Gasteiger partial charge in [0.25, 0.3) is 0 Å². The van der Waals surface area contributed by atoms with Gasteiger partial charge in [-0.2, -0.15) is 0 Å². The third kappa shape index (κ3) is 47.7. The van der Waals surface area contributed by atoms with Crippen molar-refractivity contribution < 1.29 is 28.6 Å². The Morgan fingerprint density at radius 3 is 0.852 bits per heavy atom. The number of esters is 3. The van der Waals surface area contributed by atoms with Gasteiger partial charge in [0.2, 0.25) is 0 Å². The first-order valence-corrected chi connectivity index (χ1v) is 27.1. The highest BCUT2D eigenvalue weighted by Gasteiger charge is 2.19. The lowest BCUT2D eigenvalue weighted by Gasteiger charge is -2.18. The molecule has 0 amide bonds. The van der Waals surface area contributed by atoms with E-state index in [2.05, 4.69) is 41.5 Å². The van der Waals surface area contributed by atoms with Crippen molar-refractivity contribution >= 4 is 17.9 Å². The molecule has 0 saturated carbocycles. The molecule has 0 aliphatic carbocycles. The Bertz CT molecular complexity index is 947. The molecule has 0 aromatic rings. The largest absolute Gasteiger partial charge is 0.462 e. The van der Waals surface area contributed by atoms with Crippen molar-refractivity contribution in [1.82, 2.24) is 0 Å². The zero-order valence-corrected chi connectivity index (χ0v) is 42.0. The SMILES string of the molecule is CCC(C)CCCCCCCCCCC(=O)O[C@@H](COC(=O)CCCCCCCCCCCCCCCC(C)C)COC(=O)CCCCCCCCCCCCCCC(C)C. The van der Waals surface area contributed by atoms with Gasteiger partial charge >= 0.3 is 17.9 Å². The second-order valence-corrected chi connectivity index (χ2v) is 20.1. The van der Waals surface area contributed by atoms with Crippen LogP contribution in [0.4, 0.5) is 0 Å². The predicted molar refractivity (Wildman–Crippen MR) is 261 cm³/mol. The summed E-state index contributed by atoms with van der Waals surface area (Å²) in [5, 5.41) is 0. The molecule has 2 atom stereocenters. The predicted octanol–water partition coefficient (Wildman–Crippen LogP) is 17.6. The summed E-state index contributed by atoms with van der Waals surface area (Å²) < 4.78 is 16.8. The lowest BCUT2D eigenvalue weighted by Crippen LogP contribution is -2.30. The number of hydrogen-bond donors (Lipinski definition) is 0. The summed E-state index contributed by atoms with van der Waals surface area (Å²) in [6.45, 7) is 13.7. The number of hydrogen-bond acceptors (Lipinski definition) is 6. The molecule has 0 N–H and O–H groups in total. The van der Waals surface area contributed by atoms with Crippen LogP contribution in [0.2, 0.25) is 0 Å². The minimum atomic E-state index is -0.763. The summed E-state index contributed by atoms with van der Waals surface area (Å²) in [6, 6.07) is 0. The number of ether oxygens (including phenoxy) is 3. The quantitative estimate of drug-likeness (QED) is 0.0344. The van der Waals surface area contributed by atoms with E-state index in [9.17, 15) is 14.4 Å². The summed E-state index contributed by atoms with van der Waals surface area (Å²) in [7, 11) is 0. The smallest absolute Gasteiger partial charge is 0.306 e. The normalized spacial score (nSPS) is 12.6. The van der Waals surface area contributed by atoms with Gasteiger partial charge in [0.1, 0.15) is 13.2 Å². The summed E-state index contributed by atoms with van der Waals surface area (Å²) in [5.74, 6) is 1.67. The minimum absolute atomic E-state index is 0.0645. The monoisotopic (exact) mass is 863 g/mol. The van der Waals surface area contributed by atoms with Crippen molar-refractivity contribution in [2.75, 3.05) is 13.2 Å². The van der Waals surface area contributed by atoms with Gasteiger partial charge in [-0.15, -0.1) is 0 Å². The van der Waals surface area contributed by atoms with Gasteiger partial charge < -0.3 is 14.2 Å². The molecule has 0 aromatic heterocycles. The van der Waals surface area contributed by atoms with Crippen LogP contribution in [0.5, 0.6) is 0 Å². The second-order valence-electron chi connectivity index (χ2n) is 20.1. The number of carbonyl (C=O) groups is 3. The molecule has 0 aliphatic heterocycles. The molecule has 0 spiro atoms. The molecule has 362 valence electrons. The lowest BCUT2D eigenvalue weighted by atomic mass is 9.99. The number of unbranched alkanes of at least 4 members (excludes halogenated alkanes) is 30. The molecule has 1 unspecified atom stereocenters. The van der Waals surface area contributed by atoms with Gasteiger partial charge in [0.05, 0.1) is 0 Å². The Hall–Kier alpha value is -1.59. The van der Waals surface area contributed by atoms with Crippen molar-refractivity contribution in [3.05, 3.63) is 0 Å². The first-order valence-electron chi connectivity index (χ1n) is 27.1. The maximum atomic E-state index is 12.8. The number of carbonyl (C=O) groups excluding carboxylic acids is 3. The van der Waals surface area contributed by atoms with Crippen LogP contribution in [0.15, 0.2) is 0 Å². The molecule has 6 heteroatoms. The van der Waals surface area contributed by atoms with E-state index >= 15 is 0 Å². The van der Waals surface area contributed by atoms with Crippen LogP contribution in [-0.2, 0) is 28.6 Å². The van der Waals surface area contributed by atoms with Gasteiger partial charge in [0.15, 0.2) is 6.10 Å². The van der Waals surface area contributed by atoms with Crippen LogP contribution in [0.25, 0.3) is 0 Å². The standard InChI is InChI=1S/C55H106O6/c1-7-51(6)43-37-31-25-21-22-28-34-40-46-55(58)61-52(48-60-54(57)45-39-33-27-20-16-12-11-14-18-24-30-36-42-50(4)5)47-59-53(56)44-38-32-26-19-15-10-8-9-13-17-23-29-35-41-49(2)3/h49-52H,7-48H2,1-6H3/t51?,52-/m0/s1. The van der Waals surface area contributed by atoms with E-state index in [1.54, 1.807) is 0 Å². The zero-order chi connectivity index (χ0) is 44.9. The summed E-state index contributed by atoms with van der Waals surface area (Å²) in [5.41, 5.74) is 0. The topological polar surface area (TPSA) is 78.9 Å². The molecule has 61 heavy (non-hydrogen) atoms. The van der Waals surface area contributed by atoms with Gasteiger partial charge in [-0.1, -0.05) is 260 Å². The van der Waals surface area contributed by atoms with Crippen LogP contribution in [0.1, 0.15) is 298 Å². The first kappa shape index (κ1) is 59.4. The fraction of sp³-hybridized carbons (Fsp3) is 0.945. The lowest BCUT2D eigenvalue weighted by molar-refractivity contribution is -0.167. The molecule has 0 rings (SSSR count). The van der Waals surface area contributed by atoms with Crippen molar-refractivity contribution in [2.45, 2.75) is 304 Å². The van der Waals surface area contributed by atoms with Crippen molar-refractivity contribution in [2.24, 2.45) is 17.8 Å². The molecule has 0 bridgehead atoms. The molecule has 0 heterocycles. The molecular formula is C55H106O6. The van der Waals surface area contributed by atoms with E-state index < -0.39 is 6.10 Å². The fourth-order valence-electron chi connectivity index (χ4n) is 8.26. The van der Waals surface area contributed by atoms with Crippen LogP contribution in [0.3, 0.4) is 0 Å². The van der Waals surface area contributed by atoms with E-state index in [0.29, 0.717) is 19.3 Å². The molecule has 0 fully saturated rings. The van der Waals surface area contributed by atoms with E-state index in [1.807, 2.05) is 0 Å². The molecule has 0 radical (unpaired) electrons. The van der Waals surface area contributed by atoms with E-state index in [-0.39, 0.29) is 31.1 Å². The van der Waals surface area contributed by atoms with E-state index in [4.69, 9.17) is 14.2 Å². The van der Waals surface area contributed by atoms with E-state index in [0.717, 1.165) is 75.5 Å². The van der Waals surface area contributed by atoms with Gasteiger partial charge in [-0.3, -0.25) is 14.4 Å². The van der Waals surface area contributed by atoms with Crippen molar-refractivity contribution in [1.29, 1.82) is 0 Å². The van der Waals surface area contributed by atoms with Crippen molar-refractivity contribution in [3.8, 4) is 0 Å². The van der Waals surface area contributed by atoms with Gasteiger partial charge in [-0.25, -0.2) is 0 Å². The van der Waals surface area contributed by atoms with Gasteiger partial charge in [-0.05, 0) is 37.0 Å². The third-order valence-electron chi connectivity index (χ3n) is 12.8. The number of rotatable bonds is 48. The van der Waals surface area contributed by atoms with Gasteiger partial charge in [0, 0.05) is 19.3 Å². The second kappa shape index (κ2) is 46.4. The Morgan fingerprint density at radius 2 is 0.574 bits per heavy atom. The maximum absolute atomic E-state index is 12.8. The Kier molecular flexibility index (Phi) is 45.2.